The van der Waals surface area contributed by atoms with Crippen LogP contribution in [0.5, 0.6) is 69.0 Å². The van der Waals surface area contributed by atoms with E-state index in [1.807, 2.05) is 0 Å². The zero-order valence-electron chi connectivity index (χ0n) is 46.7. The van der Waals surface area contributed by atoms with Crippen molar-refractivity contribution < 1.29 is 88.3 Å². The monoisotopic (exact) mass is 1330 g/mol. The highest BCUT2D eigenvalue weighted by atomic mass is 79.9. The minimum Gasteiger partial charge on any atom is -0.508 e. The van der Waals surface area contributed by atoms with Crippen molar-refractivity contribution in [2.45, 2.75) is 61.2 Å². The van der Waals surface area contributed by atoms with Crippen LogP contribution in [0.15, 0.2) is 115 Å². The molecule has 28 heteroatoms. The topological polar surface area (TPSA) is 382 Å². The van der Waals surface area contributed by atoms with Crippen LogP contribution >= 0.6 is 39.1 Å². The Morgan fingerprint density at radius 2 is 1.22 bits per heavy atom. The largest absolute Gasteiger partial charge is 0.508 e. The summed E-state index contributed by atoms with van der Waals surface area (Å²) in [7, 11) is 1.47. The van der Waals surface area contributed by atoms with Crippen LogP contribution in [-0.4, -0.2) is 108 Å². The van der Waals surface area contributed by atoms with E-state index >= 15 is 19.2 Å². The van der Waals surface area contributed by atoms with Crippen molar-refractivity contribution in [3.63, 3.8) is 0 Å². The van der Waals surface area contributed by atoms with Crippen LogP contribution in [0.25, 0.3) is 11.1 Å². The zero-order valence-corrected chi connectivity index (χ0v) is 49.8. The summed E-state index contributed by atoms with van der Waals surface area (Å²) in [6.07, 6.45) is -2.06. The number of hydrogen-bond donors (Lipinski definition) is 14. The van der Waals surface area contributed by atoms with E-state index in [0.717, 1.165) is 54.6 Å². The molecule has 25 nitrogen and oxygen atoms in total. The fourth-order valence-electron chi connectivity index (χ4n) is 10.8. The Bertz CT molecular complexity index is 4120. The summed E-state index contributed by atoms with van der Waals surface area (Å²) in [4.78, 5) is 105. The molecule has 90 heavy (non-hydrogen) atoms. The Kier molecular flexibility index (Phi) is 17.3. The lowest BCUT2D eigenvalue weighted by Gasteiger charge is -2.31. The molecular formula is C62H52BrCl2N7O18. The Morgan fingerprint density at radius 1 is 0.578 bits per heavy atom. The van der Waals surface area contributed by atoms with Gasteiger partial charge in [-0.25, -0.2) is 4.79 Å². The van der Waals surface area contributed by atoms with E-state index in [-0.39, 0.29) is 92.0 Å². The molecule has 7 aromatic rings. The molecule has 0 saturated carbocycles. The summed E-state index contributed by atoms with van der Waals surface area (Å²) in [5.74, 6) is -13.5. The molecule has 6 aliphatic rings. The van der Waals surface area contributed by atoms with Gasteiger partial charge >= 0.3 is 5.97 Å². The zero-order chi connectivity index (χ0) is 64.0. The van der Waals surface area contributed by atoms with Crippen molar-refractivity contribution in [3.8, 4) is 80.1 Å². The first-order valence-electron chi connectivity index (χ1n) is 27.5. The molecule has 6 heterocycles. The molecule has 0 radical (unpaired) electrons. The first-order valence-corrected chi connectivity index (χ1v) is 29.4. The first kappa shape index (κ1) is 61.6. The van der Waals surface area contributed by atoms with Crippen molar-refractivity contribution >= 4 is 80.5 Å². The fraction of sp³-hybridized carbons (Fsp3) is 0.210. The van der Waals surface area contributed by atoms with Gasteiger partial charge in [0.15, 0.2) is 29.0 Å². The van der Waals surface area contributed by atoms with Crippen LogP contribution < -0.4 is 51.4 Å². The second kappa shape index (κ2) is 25.2. The van der Waals surface area contributed by atoms with Gasteiger partial charge in [0.1, 0.15) is 82.6 Å². The van der Waals surface area contributed by atoms with Gasteiger partial charge in [-0.15, -0.1) is 0 Å². The van der Waals surface area contributed by atoms with E-state index in [9.17, 15) is 50.1 Å². The minimum atomic E-state index is -2.16. The van der Waals surface area contributed by atoms with Gasteiger partial charge in [0.25, 0.3) is 0 Å². The molecule has 8 unspecified atom stereocenters. The van der Waals surface area contributed by atoms with E-state index in [0.29, 0.717) is 10.9 Å². The lowest BCUT2D eigenvalue weighted by Crippen LogP contribution is -2.55. The van der Waals surface area contributed by atoms with Crippen molar-refractivity contribution in [2.24, 2.45) is 0 Å². The highest BCUT2D eigenvalue weighted by Gasteiger charge is 2.42. The van der Waals surface area contributed by atoms with Gasteiger partial charge < -0.3 is 91.9 Å². The van der Waals surface area contributed by atoms with Gasteiger partial charge in [0, 0.05) is 46.1 Å². The Labute approximate surface area is 528 Å². The predicted molar refractivity (Wildman–Crippen MR) is 322 cm³/mol. The molecule has 0 saturated heterocycles. The number of nitrogens with one attached hydrogen (secondary N) is 7. The summed E-state index contributed by atoms with van der Waals surface area (Å²) in [5.41, 5.74) is -1.45. The average molecular weight is 1330 g/mol. The van der Waals surface area contributed by atoms with Crippen molar-refractivity contribution in [1.82, 2.24) is 37.2 Å². The number of hydrogen-bond acceptors (Lipinski definition) is 19. The molecule has 6 amide bonds. The average Bonchev–Trinajstić information content (AvgIpc) is 0.906. The SMILES string of the molecule is CNC1C(=O)NC2Cc3ccc(cc3)Oc3cc4cc(c3O)Oc3ccc(cc3Cl)C(O)C3NC(=O)C(NC(=O)C4NC(=O)C(NC2=O)c2cc(cc(O)c2Cl)Oc2cc1ccc2O)c1ccc(O)c(c1)-c1c(O)cc(O)cc1C(C(=O)OCCCBr)NC3=O. The predicted octanol–water partition coefficient (Wildman–Crippen LogP) is 6.49. The number of carbonyl (C=O) groups excluding carboxylic acids is 7. The van der Waals surface area contributed by atoms with Gasteiger partial charge in [0.05, 0.1) is 16.7 Å². The van der Waals surface area contributed by atoms with Crippen LogP contribution in [0.3, 0.4) is 0 Å². The highest BCUT2D eigenvalue weighted by Crippen LogP contribution is 2.48. The van der Waals surface area contributed by atoms with Gasteiger partial charge in [-0.05, 0) is 114 Å². The van der Waals surface area contributed by atoms with E-state index in [2.05, 4.69) is 53.1 Å². The smallest absolute Gasteiger partial charge is 0.333 e. The molecule has 0 fully saturated rings. The molecule has 8 atom stereocenters. The van der Waals surface area contributed by atoms with Crippen LogP contribution in [0.4, 0.5) is 0 Å². The number of fused-ring (bicyclic) bond motifs is 14. The number of ether oxygens (including phenoxy) is 4. The number of esters is 1. The molecular weight excluding hydrogens is 1280 g/mol. The van der Waals surface area contributed by atoms with Gasteiger partial charge in [-0.1, -0.05) is 69.5 Å². The maximum Gasteiger partial charge on any atom is 0.333 e. The highest BCUT2D eigenvalue weighted by molar-refractivity contribution is 9.09. The molecule has 13 rings (SSSR count). The van der Waals surface area contributed by atoms with E-state index < -0.39 is 141 Å². The standard InChI is InChI=1S/C62H52BrCl2N7O18/c1-66-48-27-6-11-39(75)43(18-27)89-32-23-35(47(65)41(77)24-32)51-60(84)69-50-29-19-44(88-31-8-3-25(4-9-31)15-37(56(80)70-51)67-57(48)81)55(79)45(20-29)90-42-12-7-28(17-36(42)64)54(78)53-61(85)71-52(62(86)87-14-2-13-63)34-21-30(73)22-40(76)46(34)33-16-26(5-10-38(33)74)49(58(82)72-53)68-59(50)83/h3-12,16-24,37,48-54,66,73-79H,2,13-15H2,1H3,(H,67,81)(H,68,83)(H,69,84)(H,70,80)(H,71,85)(H,72,82). The van der Waals surface area contributed by atoms with Gasteiger partial charge in [-0.3, -0.25) is 28.8 Å². The van der Waals surface area contributed by atoms with Gasteiger partial charge in [0.2, 0.25) is 41.2 Å². The van der Waals surface area contributed by atoms with E-state index in [1.54, 1.807) is 12.1 Å². The number of rotatable bonds is 5. The van der Waals surface area contributed by atoms with Crippen LogP contribution in [0.2, 0.25) is 10.0 Å². The molecule has 0 aromatic heterocycles. The maximum atomic E-state index is 15.8. The number of aliphatic hydroxyl groups is 1. The van der Waals surface area contributed by atoms with Gasteiger partial charge in [-0.2, -0.15) is 0 Å². The number of phenols is 6. The van der Waals surface area contributed by atoms with Crippen molar-refractivity contribution in [3.05, 3.63) is 164 Å². The third-order valence-electron chi connectivity index (χ3n) is 15.3. The second-order valence-corrected chi connectivity index (χ2v) is 22.8. The van der Waals surface area contributed by atoms with Crippen LogP contribution in [0, 0.1) is 0 Å². The fourth-order valence-corrected chi connectivity index (χ4v) is 11.5. The van der Waals surface area contributed by atoms with E-state index in [4.69, 9.17) is 42.1 Å². The maximum absolute atomic E-state index is 15.8. The van der Waals surface area contributed by atoms with Crippen molar-refractivity contribution in [2.75, 3.05) is 19.0 Å². The molecule has 0 aliphatic carbocycles. The summed E-state index contributed by atoms with van der Waals surface area (Å²) >= 11 is 17.0. The summed E-state index contributed by atoms with van der Waals surface area (Å²) in [5, 5.41) is 99.1. The molecule has 464 valence electrons. The number of alkyl halides is 1. The summed E-state index contributed by atoms with van der Waals surface area (Å²) in [6, 6.07) is 10.2. The van der Waals surface area contributed by atoms with Crippen molar-refractivity contribution in [1.29, 1.82) is 0 Å². The number of carbonyl (C=O) groups is 7. The molecule has 14 N–H and O–H groups in total. The molecule has 0 spiro atoms. The quantitative estimate of drug-likeness (QED) is 0.0497. The number of aromatic hydroxyl groups is 6. The number of halogens is 3. The number of phenolic OH excluding ortho intramolecular Hbond substituents is 6. The lowest BCUT2D eigenvalue weighted by atomic mass is 9.89. The van der Waals surface area contributed by atoms with Crippen LogP contribution in [0.1, 0.15) is 81.7 Å². The first-order chi connectivity index (χ1) is 43.1. The second-order valence-electron chi connectivity index (χ2n) is 21.2. The Morgan fingerprint density at radius 3 is 1.94 bits per heavy atom. The Hall–Kier alpha value is -9.99. The number of likely N-dealkylation sites (N-methyl/N-ethyl adjacent to an activating group) is 1. The summed E-state index contributed by atoms with van der Waals surface area (Å²) < 4.78 is 24.1. The molecule has 6 aliphatic heterocycles. The minimum absolute atomic E-state index is 0.0506. The summed E-state index contributed by atoms with van der Waals surface area (Å²) in [6.45, 7) is -0.201. The number of amides is 6. The lowest BCUT2D eigenvalue weighted by molar-refractivity contribution is -0.149. The number of benzene rings is 7. The molecule has 17 bridgehead atoms. The third kappa shape index (κ3) is 12.3. The third-order valence-corrected chi connectivity index (χ3v) is 16.5. The molecule has 7 aromatic carbocycles. The number of aliphatic hydroxyl groups excluding tert-OH is 1. The van der Waals surface area contributed by atoms with E-state index in [1.165, 1.54) is 55.6 Å². The normalized spacial score (nSPS) is 21.4. The Balaban J connectivity index is 1.13. The van der Waals surface area contributed by atoms with Crippen LogP contribution in [-0.2, 0) is 44.7 Å².